The number of imidazole rings is 1. The Morgan fingerprint density at radius 3 is 2.38 bits per heavy atom. The summed E-state index contributed by atoms with van der Waals surface area (Å²) in [6.45, 7) is 3.97. The predicted molar refractivity (Wildman–Crippen MR) is 90.9 cm³/mol. The fourth-order valence-corrected chi connectivity index (χ4v) is 3.78. The van der Waals surface area contributed by atoms with Crippen LogP contribution in [0.4, 0.5) is 0 Å². The molecule has 0 saturated heterocycles. The van der Waals surface area contributed by atoms with Crippen LogP contribution in [0.25, 0.3) is 0 Å². The highest BCUT2D eigenvalue weighted by Gasteiger charge is 2.24. The SMILES string of the molecule is Cc1cc(C)cc(C(NS(=O)(=O)c2cnc[nH]2)c2cccnc2)c1. The number of hydrogen-bond donors (Lipinski definition) is 2. The molecule has 2 aromatic heterocycles. The summed E-state index contributed by atoms with van der Waals surface area (Å²) in [5.74, 6) is 0. The number of pyridine rings is 1. The van der Waals surface area contributed by atoms with Crippen molar-refractivity contribution in [1.82, 2.24) is 19.7 Å². The number of aromatic amines is 1. The van der Waals surface area contributed by atoms with Gasteiger partial charge in [-0.1, -0.05) is 35.4 Å². The monoisotopic (exact) mass is 342 g/mol. The summed E-state index contributed by atoms with van der Waals surface area (Å²) >= 11 is 0. The zero-order valence-corrected chi connectivity index (χ0v) is 14.2. The first-order valence-electron chi connectivity index (χ1n) is 7.44. The Bertz CT molecular complexity index is 902. The predicted octanol–water partition coefficient (Wildman–Crippen LogP) is 2.49. The third-order valence-corrected chi connectivity index (χ3v) is 4.98. The average molecular weight is 342 g/mol. The second kappa shape index (κ2) is 6.54. The number of aromatic nitrogens is 3. The molecule has 2 N–H and O–H groups in total. The van der Waals surface area contributed by atoms with E-state index in [4.69, 9.17) is 0 Å². The van der Waals surface area contributed by atoms with Crippen molar-refractivity contribution in [3.8, 4) is 0 Å². The summed E-state index contributed by atoms with van der Waals surface area (Å²) in [5, 5.41) is 0.0285. The lowest BCUT2D eigenvalue weighted by Gasteiger charge is -2.20. The maximum absolute atomic E-state index is 12.6. The number of nitrogens with one attached hydrogen (secondary N) is 2. The molecule has 0 bridgehead atoms. The summed E-state index contributed by atoms with van der Waals surface area (Å²) in [6.07, 6.45) is 5.94. The van der Waals surface area contributed by atoms with Gasteiger partial charge in [0.25, 0.3) is 10.0 Å². The van der Waals surface area contributed by atoms with E-state index in [2.05, 4.69) is 19.7 Å². The number of rotatable bonds is 5. The standard InChI is InChI=1S/C17H18N4O2S/c1-12-6-13(2)8-15(7-12)17(14-4-3-5-18-9-14)21-24(22,23)16-10-19-11-20-16/h3-11,17,21H,1-2H3,(H,19,20). The summed E-state index contributed by atoms with van der Waals surface area (Å²) in [5.41, 5.74) is 3.77. The van der Waals surface area contributed by atoms with Crippen molar-refractivity contribution in [3.63, 3.8) is 0 Å². The minimum absolute atomic E-state index is 0.0285. The van der Waals surface area contributed by atoms with Crippen molar-refractivity contribution in [2.75, 3.05) is 0 Å². The number of benzene rings is 1. The summed E-state index contributed by atoms with van der Waals surface area (Å²) in [6, 6.07) is 9.10. The molecule has 7 heteroatoms. The number of hydrogen-bond acceptors (Lipinski definition) is 4. The molecule has 2 heterocycles. The Hall–Kier alpha value is -2.51. The molecular formula is C17H18N4O2S. The van der Waals surface area contributed by atoms with Crippen LogP contribution in [0, 0.1) is 13.8 Å². The Labute approximate surface area is 141 Å². The van der Waals surface area contributed by atoms with Crippen LogP contribution < -0.4 is 4.72 Å². The molecule has 0 fully saturated rings. The molecule has 0 aliphatic carbocycles. The molecule has 0 aliphatic rings. The van der Waals surface area contributed by atoms with Crippen molar-refractivity contribution in [2.24, 2.45) is 0 Å². The Morgan fingerprint density at radius 1 is 1.04 bits per heavy atom. The van der Waals surface area contributed by atoms with E-state index in [9.17, 15) is 8.42 Å². The van der Waals surface area contributed by atoms with E-state index < -0.39 is 16.1 Å². The maximum Gasteiger partial charge on any atom is 0.258 e. The number of nitrogens with zero attached hydrogens (tertiary/aromatic N) is 2. The molecule has 124 valence electrons. The molecule has 3 rings (SSSR count). The smallest absolute Gasteiger partial charge is 0.258 e. The lowest BCUT2D eigenvalue weighted by molar-refractivity contribution is 0.568. The molecule has 0 spiro atoms. The lowest BCUT2D eigenvalue weighted by atomic mass is 9.97. The second-order valence-corrected chi connectivity index (χ2v) is 7.36. The largest absolute Gasteiger partial charge is 0.335 e. The minimum atomic E-state index is -3.73. The molecule has 0 saturated carbocycles. The molecule has 1 unspecified atom stereocenters. The lowest BCUT2D eigenvalue weighted by Crippen LogP contribution is -2.30. The van der Waals surface area contributed by atoms with Gasteiger partial charge in [-0.25, -0.2) is 13.4 Å². The van der Waals surface area contributed by atoms with Crippen LogP contribution in [0.2, 0.25) is 0 Å². The van der Waals surface area contributed by atoms with Crippen LogP contribution >= 0.6 is 0 Å². The van der Waals surface area contributed by atoms with Crippen LogP contribution in [-0.4, -0.2) is 23.4 Å². The molecule has 6 nitrogen and oxygen atoms in total. The molecule has 0 aliphatic heterocycles. The van der Waals surface area contributed by atoms with E-state index in [1.165, 1.54) is 12.5 Å². The molecule has 24 heavy (non-hydrogen) atoms. The van der Waals surface area contributed by atoms with Gasteiger partial charge in [-0.2, -0.15) is 4.72 Å². The van der Waals surface area contributed by atoms with Crippen molar-refractivity contribution in [2.45, 2.75) is 24.9 Å². The van der Waals surface area contributed by atoms with Crippen molar-refractivity contribution >= 4 is 10.0 Å². The van der Waals surface area contributed by atoms with Crippen LogP contribution in [0.3, 0.4) is 0 Å². The van der Waals surface area contributed by atoms with Gasteiger partial charge < -0.3 is 4.98 Å². The third kappa shape index (κ3) is 3.52. The first-order chi connectivity index (χ1) is 11.5. The van der Waals surface area contributed by atoms with E-state index in [-0.39, 0.29) is 5.03 Å². The normalized spacial score (nSPS) is 12.9. The molecule has 1 atom stereocenters. The van der Waals surface area contributed by atoms with Crippen molar-refractivity contribution in [3.05, 3.63) is 77.5 Å². The van der Waals surface area contributed by atoms with E-state index in [0.29, 0.717) is 0 Å². The summed E-state index contributed by atoms with van der Waals surface area (Å²) < 4.78 is 28.0. The second-order valence-electron chi connectivity index (χ2n) is 5.68. The molecular weight excluding hydrogens is 324 g/mol. The maximum atomic E-state index is 12.6. The summed E-state index contributed by atoms with van der Waals surface area (Å²) in [4.78, 5) is 10.5. The quantitative estimate of drug-likeness (QED) is 0.746. The fourth-order valence-electron chi connectivity index (χ4n) is 2.66. The van der Waals surface area contributed by atoms with E-state index in [1.54, 1.807) is 18.5 Å². The zero-order chi connectivity index (χ0) is 17.2. The van der Waals surface area contributed by atoms with Gasteiger partial charge in [-0.05, 0) is 31.0 Å². The van der Waals surface area contributed by atoms with Gasteiger partial charge in [-0.15, -0.1) is 0 Å². The van der Waals surface area contributed by atoms with Crippen LogP contribution in [-0.2, 0) is 10.0 Å². The highest BCUT2D eigenvalue weighted by Crippen LogP contribution is 2.25. The Kier molecular flexibility index (Phi) is 4.46. The van der Waals surface area contributed by atoms with Crippen molar-refractivity contribution in [1.29, 1.82) is 0 Å². The highest BCUT2D eigenvalue weighted by atomic mass is 32.2. The topological polar surface area (TPSA) is 87.7 Å². The average Bonchev–Trinajstić information content (AvgIpc) is 3.08. The van der Waals surface area contributed by atoms with Crippen molar-refractivity contribution < 1.29 is 8.42 Å². The van der Waals surface area contributed by atoms with Gasteiger partial charge in [0.05, 0.1) is 18.6 Å². The highest BCUT2D eigenvalue weighted by molar-refractivity contribution is 7.89. The molecule has 3 aromatic rings. The van der Waals surface area contributed by atoms with Gasteiger partial charge in [-0.3, -0.25) is 4.98 Å². The van der Waals surface area contributed by atoms with Gasteiger partial charge in [0.2, 0.25) is 0 Å². The number of H-pyrrole nitrogens is 1. The van der Waals surface area contributed by atoms with Crippen LogP contribution in [0.5, 0.6) is 0 Å². The Balaban J connectivity index is 2.06. The third-order valence-electron chi connectivity index (χ3n) is 3.63. The van der Waals surface area contributed by atoms with Crippen LogP contribution in [0.15, 0.2) is 60.3 Å². The number of aryl methyl sites for hydroxylation is 2. The van der Waals surface area contributed by atoms with E-state index in [1.807, 2.05) is 38.1 Å². The summed E-state index contributed by atoms with van der Waals surface area (Å²) in [7, 11) is -3.73. The molecule has 0 amide bonds. The Morgan fingerprint density at radius 2 is 1.79 bits per heavy atom. The number of sulfonamides is 1. The van der Waals surface area contributed by atoms with E-state index >= 15 is 0 Å². The van der Waals surface area contributed by atoms with E-state index in [0.717, 1.165) is 22.3 Å². The van der Waals surface area contributed by atoms with Gasteiger partial charge in [0, 0.05) is 12.4 Å². The first-order valence-corrected chi connectivity index (χ1v) is 8.93. The minimum Gasteiger partial charge on any atom is -0.335 e. The van der Waals surface area contributed by atoms with Gasteiger partial charge in [0.15, 0.2) is 5.03 Å². The zero-order valence-electron chi connectivity index (χ0n) is 13.4. The fraction of sp³-hybridized carbons (Fsp3) is 0.176. The molecule has 1 aromatic carbocycles. The van der Waals surface area contributed by atoms with Crippen LogP contribution in [0.1, 0.15) is 28.3 Å². The molecule has 0 radical (unpaired) electrons. The van der Waals surface area contributed by atoms with Gasteiger partial charge in [0.1, 0.15) is 0 Å². The first kappa shape index (κ1) is 16.4. The van der Waals surface area contributed by atoms with Gasteiger partial charge >= 0.3 is 0 Å².